The van der Waals surface area contributed by atoms with Crippen LogP contribution < -0.4 is 0 Å². The number of benzene rings is 3. The zero-order chi connectivity index (χ0) is 30.1. The Morgan fingerprint density at radius 3 is 2.05 bits per heavy atom. The van der Waals surface area contributed by atoms with Gasteiger partial charge in [-0.1, -0.05) is 44.1 Å². The monoisotopic (exact) mass is 564 g/mol. The quantitative estimate of drug-likeness (QED) is 0.0501. The fraction of sp³-hybridized carbons (Fsp3) is 0.226. The van der Waals surface area contributed by atoms with Crippen LogP contribution in [0.1, 0.15) is 54.9 Å². The summed E-state index contributed by atoms with van der Waals surface area (Å²) in [6.45, 7) is 2.00. The summed E-state index contributed by atoms with van der Waals surface area (Å²) in [4.78, 5) is 24.8. The number of allylic oxidation sites excluding steroid dienone is 1. The molecule has 10 heteroatoms. The summed E-state index contributed by atoms with van der Waals surface area (Å²) in [5.41, 5.74) is 2.09. The van der Waals surface area contributed by atoms with Crippen molar-refractivity contribution in [2.24, 2.45) is 0 Å². The zero-order valence-corrected chi connectivity index (χ0v) is 22.3. The molecule has 0 aliphatic heterocycles. The predicted octanol–water partition coefficient (Wildman–Crippen LogP) is 5.29. The molecular weight excluding hydrogens is 532 g/mol. The van der Waals surface area contributed by atoms with E-state index in [1.54, 1.807) is 18.2 Å². The molecule has 0 unspecified atom stereocenters. The lowest BCUT2D eigenvalue weighted by Crippen LogP contribution is -2.28. The molecule has 0 fully saturated rings. The molecule has 0 aromatic heterocycles. The molecule has 1 atom stereocenters. The van der Waals surface area contributed by atoms with E-state index < -0.39 is 35.3 Å². The van der Waals surface area contributed by atoms with Gasteiger partial charge >= 0.3 is 11.9 Å². The molecule has 0 heterocycles. The van der Waals surface area contributed by atoms with Crippen LogP contribution in [0.4, 0.5) is 0 Å². The smallest absolute Gasteiger partial charge is 0.345 e. The first kappa shape index (κ1) is 30.4. The average molecular weight is 565 g/mol. The first-order chi connectivity index (χ1) is 19.5. The molecule has 0 saturated carbocycles. The van der Waals surface area contributed by atoms with Gasteiger partial charge in [0.2, 0.25) is 6.10 Å². The number of carboxylic acids is 1. The molecule has 0 bridgehead atoms. The number of rotatable bonds is 12. The zero-order valence-electron chi connectivity index (χ0n) is 22.3. The van der Waals surface area contributed by atoms with Crippen molar-refractivity contribution in [3.63, 3.8) is 0 Å². The summed E-state index contributed by atoms with van der Waals surface area (Å²) in [6, 6.07) is 10.6. The Bertz CT molecular complexity index is 1470. The minimum Gasteiger partial charge on any atom is -0.504 e. The summed E-state index contributed by atoms with van der Waals surface area (Å²) in [5.74, 6) is -4.60. The third kappa shape index (κ3) is 8.43. The number of unbranched alkanes of at least 4 members (excludes halogenated alkanes) is 2. The Balaban J connectivity index is 1.96. The van der Waals surface area contributed by atoms with Gasteiger partial charge in [0.15, 0.2) is 34.5 Å². The van der Waals surface area contributed by atoms with E-state index >= 15 is 0 Å². The van der Waals surface area contributed by atoms with Crippen LogP contribution in [-0.2, 0) is 20.7 Å². The number of ether oxygens (including phenoxy) is 1. The van der Waals surface area contributed by atoms with Gasteiger partial charge in [-0.15, -0.1) is 0 Å². The summed E-state index contributed by atoms with van der Waals surface area (Å²) >= 11 is 0. The molecule has 3 rings (SSSR count). The Hall–Kier alpha value is -5.12. The van der Waals surface area contributed by atoms with E-state index in [0.717, 1.165) is 18.9 Å². The van der Waals surface area contributed by atoms with Gasteiger partial charge in [-0.3, -0.25) is 0 Å². The van der Waals surface area contributed by atoms with Gasteiger partial charge in [0, 0.05) is 12.5 Å². The van der Waals surface area contributed by atoms with E-state index in [-0.39, 0.29) is 23.7 Å². The van der Waals surface area contributed by atoms with E-state index in [4.69, 9.17) is 4.74 Å². The molecule has 216 valence electrons. The Labute approximate surface area is 236 Å². The number of carbonyl (C=O) groups excluding carboxylic acids is 1. The fourth-order valence-electron chi connectivity index (χ4n) is 4.10. The number of aliphatic carboxylic acids is 1. The van der Waals surface area contributed by atoms with E-state index in [1.807, 2.05) is 6.92 Å². The molecule has 3 aromatic rings. The molecule has 0 spiro atoms. The SMILES string of the molecule is CCCCCC(=CC(=O)O[C@H](Cc1ccc(O)c(O)c1)C(=O)O)c1cc(O)c(O)cc1C=Cc1ccc(O)c(O)c1. The molecule has 10 nitrogen and oxygen atoms in total. The van der Waals surface area contributed by atoms with Crippen LogP contribution in [0.15, 0.2) is 54.6 Å². The fourth-order valence-corrected chi connectivity index (χ4v) is 4.10. The first-order valence-corrected chi connectivity index (χ1v) is 12.9. The summed E-state index contributed by atoms with van der Waals surface area (Å²) in [5, 5.41) is 68.6. The van der Waals surface area contributed by atoms with Crippen molar-refractivity contribution >= 4 is 29.7 Å². The van der Waals surface area contributed by atoms with E-state index in [9.17, 15) is 45.3 Å². The van der Waals surface area contributed by atoms with Crippen LogP contribution >= 0.6 is 0 Å². The van der Waals surface area contributed by atoms with Crippen LogP contribution in [0.2, 0.25) is 0 Å². The minimum atomic E-state index is -1.59. The van der Waals surface area contributed by atoms with Gasteiger partial charge in [-0.2, -0.15) is 0 Å². The Morgan fingerprint density at radius 2 is 1.41 bits per heavy atom. The van der Waals surface area contributed by atoms with Gasteiger partial charge in [0.25, 0.3) is 0 Å². The topological polar surface area (TPSA) is 185 Å². The maximum atomic E-state index is 13.0. The largest absolute Gasteiger partial charge is 0.504 e. The van der Waals surface area contributed by atoms with E-state index in [0.29, 0.717) is 40.7 Å². The number of hydrogen-bond donors (Lipinski definition) is 7. The van der Waals surface area contributed by atoms with Gasteiger partial charge < -0.3 is 40.5 Å². The minimum absolute atomic E-state index is 0.263. The molecule has 41 heavy (non-hydrogen) atoms. The number of hydrogen-bond acceptors (Lipinski definition) is 9. The maximum Gasteiger partial charge on any atom is 0.345 e. The molecule has 0 amide bonds. The van der Waals surface area contributed by atoms with Crippen molar-refractivity contribution in [3.05, 3.63) is 76.9 Å². The van der Waals surface area contributed by atoms with Gasteiger partial charge in [0.1, 0.15) is 0 Å². The number of phenols is 6. The number of aromatic hydroxyl groups is 6. The van der Waals surface area contributed by atoms with Gasteiger partial charge in [-0.05, 0) is 77.1 Å². The highest BCUT2D eigenvalue weighted by Crippen LogP contribution is 2.36. The molecule has 0 saturated heterocycles. The normalized spacial score (nSPS) is 12.4. The van der Waals surface area contributed by atoms with Crippen molar-refractivity contribution in [2.45, 2.75) is 45.1 Å². The lowest BCUT2D eigenvalue weighted by molar-refractivity contribution is -0.160. The Kier molecular flexibility index (Phi) is 10.2. The highest BCUT2D eigenvalue weighted by Gasteiger charge is 2.23. The highest BCUT2D eigenvalue weighted by molar-refractivity contribution is 5.95. The molecule has 3 aromatic carbocycles. The van der Waals surface area contributed by atoms with Gasteiger partial charge in [-0.25, -0.2) is 9.59 Å². The van der Waals surface area contributed by atoms with Crippen molar-refractivity contribution in [2.75, 3.05) is 0 Å². The number of esters is 1. The molecule has 7 N–H and O–H groups in total. The second kappa shape index (κ2) is 13.8. The number of phenolic OH excluding ortho intramolecular Hbond substituents is 6. The van der Waals surface area contributed by atoms with Crippen LogP contribution in [0.25, 0.3) is 17.7 Å². The summed E-state index contributed by atoms with van der Waals surface area (Å²) < 4.78 is 5.25. The first-order valence-electron chi connectivity index (χ1n) is 12.9. The van der Waals surface area contributed by atoms with Crippen molar-refractivity contribution in [1.82, 2.24) is 0 Å². The Morgan fingerprint density at radius 1 is 0.780 bits per heavy atom. The van der Waals surface area contributed by atoms with Crippen LogP contribution in [0.5, 0.6) is 34.5 Å². The number of carbonyl (C=O) groups is 2. The van der Waals surface area contributed by atoms with Crippen LogP contribution in [-0.4, -0.2) is 53.8 Å². The van der Waals surface area contributed by atoms with E-state index in [1.165, 1.54) is 42.5 Å². The van der Waals surface area contributed by atoms with Crippen LogP contribution in [0, 0.1) is 0 Å². The third-order valence-corrected chi connectivity index (χ3v) is 6.28. The summed E-state index contributed by atoms with van der Waals surface area (Å²) in [7, 11) is 0. The highest BCUT2D eigenvalue weighted by atomic mass is 16.6. The van der Waals surface area contributed by atoms with E-state index in [2.05, 4.69) is 0 Å². The van der Waals surface area contributed by atoms with Crippen molar-refractivity contribution in [3.8, 4) is 34.5 Å². The predicted molar refractivity (Wildman–Crippen MR) is 152 cm³/mol. The molecule has 0 aliphatic rings. The second-order valence-electron chi connectivity index (χ2n) is 9.43. The van der Waals surface area contributed by atoms with Crippen molar-refractivity contribution in [1.29, 1.82) is 0 Å². The standard InChI is InChI=1S/C31H32O10/c1-2-3-4-5-20(16-30(38)41-29(31(39)40)14-19-8-11-24(33)26(35)13-19)22-17-28(37)27(36)15-21(22)9-6-18-7-10-23(32)25(34)12-18/h6-13,15-17,29,32-37H,2-5,14H2,1H3,(H,39,40)/t29-/m1/s1. The number of carboxylic acid groups (broad SMARTS) is 1. The summed E-state index contributed by atoms with van der Waals surface area (Å²) in [6.07, 6.45) is 5.25. The lowest BCUT2D eigenvalue weighted by atomic mass is 9.93. The van der Waals surface area contributed by atoms with Gasteiger partial charge in [0.05, 0.1) is 0 Å². The van der Waals surface area contributed by atoms with Crippen LogP contribution in [0.3, 0.4) is 0 Å². The van der Waals surface area contributed by atoms with Crippen molar-refractivity contribution < 1.29 is 50.1 Å². The molecule has 0 aliphatic carbocycles. The average Bonchev–Trinajstić information content (AvgIpc) is 2.92. The molecule has 0 radical (unpaired) electrons. The molecular formula is C31H32O10. The maximum absolute atomic E-state index is 13.0. The third-order valence-electron chi connectivity index (χ3n) is 6.28. The lowest BCUT2D eigenvalue weighted by Gasteiger charge is -2.16. The second-order valence-corrected chi connectivity index (χ2v) is 9.43.